The van der Waals surface area contributed by atoms with Gasteiger partial charge in [-0.1, -0.05) is 13.8 Å². The van der Waals surface area contributed by atoms with E-state index < -0.39 is 5.63 Å². The third-order valence-corrected chi connectivity index (χ3v) is 4.18. The van der Waals surface area contributed by atoms with Crippen LogP contribution in [-0.2, 0) is 11.2 Å². The Balaban J connectivity index is 2.36. The fourth-order valence-corrected chi connectivity index (χ4v) is 2.69. The smallest absolute Gasteiger partial charge is 0.340 e. The van der Waals surface area contributed by atoms with Gasteiger partial charge in [-0.05, 0) is 37.0 Å². The molecule has 2 aromatic rings. The maximum absolute atomic E-state index is 12.4. The molecule has 0 aliphatic rings. The predicted octanol–water partition coefficient (Wildman–Crippen LogP) is 2.82. The Labute approximate surface area is 147 Å². The maximum Gasteiger partial charge on any atom is 0.340 e. The van der Waals surface area contributed by atoms with Crippen LogP contribution in [0.2, 0.25) is 0 Å². The normalized spacial score (nSPS) is 11.0. The highest BCUT2D eigenvalue weighted by Crippen LogP contribution is 2.36. The van der Waals surface area contributed by atoms with Gasteiger partial charge >= 0.3 is 5.63 Å². The van der Waals surface area contributed by atoms with Crippen molar-refractivity contribution < 1.29 is 18.7 Å². The largest absolute Gasteiger partial charge is 0.493 e. The highest BCUT2D eigenvalue weighted by Gasteiger charge is 2.19. The Morgan fingerprint density at radius 3 is 2.56 bits per heavy atom. The monoisotopic (exact) mass is 347 g/mol. The number of aryl methyl sites for hydroxylation is 1. The first kappa shape index (κ1) is 18.8. The molecule has 2 rings (SSSR count). The van der Waals surface area contributed by atoms with Crippen molar-refractivity contribution in [2.75, 3.05) is 20.8 Å². The van der Waals surface area contributed by atoms with E-state index in [0.29, 0.717) is 40.7 Å². The number of methoxy groups -OCH3 is 2. The van der Waals surface area contributed by atoms with E-state index in [1.54, 1.807) is 12.1 Å². The predicted molar refractivity (Wildman–Crippen MR) is 96.5 cm³/mol. The lowest BCUT2D eigenvalue weighted by atomic mass is 10.0. The number of benzene rings is 1. The lowest BCUT2D eigenvalue weighted by molar-refractivity contribution is -0.120. The van der Waals surface area contributed by atoms with E-state index in [9.17, 15) is 9.59 Å². The van der Waals surface area contributed by atoms with Gasteiger partial charge in [0.2, 0.25) is 11.7 Å². The number of hydrogen-bond acceptors (Lipinski definition) is 5. The van der Waals surface area contributed by atoms with E-state index in [2.05, 4.69) is 19.2 Å². The Bertz CT molecular complexity index is 823. The second-order valence-corrected chi connectivity index (χ2v) is 6.38. The van der Waals surface area contributed by atoms with Crippen molar-refractivity contribution in [3.8, 4) is 11.5 Å². The minimum Gasteiger partial charge on any atom is -0.493 e. The zero-order valence-corrected chi connectivity index (χ0v) is 15.4. The van der Waals surface area contributed by atoms with Crippen LogP contribution >= 0.6 is 0 Å². The van der Waals surface area contributed by atoms with E-state index in [0.717, 1.165) is 11.8 Å². The molecule has 0 aliphatic carbocycles. The summed E-state index contributed by atoms with van der Waals surface area (Å²) in [5.74, 6) is 1.18. The second-order valence-electron chi connectivity index (χ2n) is 6.38. The van der Waals surface area contributed by atoms with Gasteiger partial charge in [-0.2, -0.15) is 0 Å². The summed E-state index contributed by atoms with van der Waals surface area (Å²) in [6, 6.07) is 3.55. The first-order valence-electron chi connectivity index (χ1n) is 8.33. The molecule has 6 nitrogen and oxygen atoms in total. The van der Waals surface area contributed by atoms with Crippen LogP contribution in [0.1, 0.15) is 31.4 Å². The summed E-state index contributed by atoms with van der Waals surface area (Å²) in [6.07, 6.45) is 0.893. The van der Waals surface area contributed by atoms with Gasteiger partial charge in [0.1, 0.15) is 0 Å². The van der Waals surface area contributed by atoms with Crippen molar-refractivity contribution in [3.63, 3.8) is 0 Å². The second kappa shape index (κ2) is 8.05. The van der Waals surface area contributed by atoms with Crippen molar-refractivity contribution >= 4 is 16.9 Å². The molecule has 0 saturated carbocycles. The zero-order valence-electron chi connectivity index (χ0n) is 15.4. The molecule has 0 aliphatic heterocycles. The maximum atomic E-state index is 12.4. The molecule has 0 bridgehead atoms. The highest BCUT2D eigenvalue weighted by molar-refractivity contribution is 5.89. The Morgan fingerprint density at radius 2 is 1.96 bits per heavy atom. The molecule has 1 aromatic heterocycles. The van der Waals surface area contributed by atoms with Gasteiger partial charge in [0.25, 0.3) is 0 Å². The molecule has 0 unspecified atom stereocenters. The first-order chi connectivity index (χ1) is 11.9. The molecule has 0 radical (unpaired) electrons. The van der Waals surface area contributed by atoms with E-state index >= 15 is 0 Å². The summed E-state index contributed by atoms with van der Waals surface area (Å²) in [7, 11) is 3.01. The molecule has 0 atom stereocenters. The quantitative estimate of drug-likeness (QED) is 0.779. The Kier molecular flexibility index (Phi) is 6.07. The van der Waals surface area contributed by atoms with Gasteiger partial charge in [0, 0.05) is 11.9 Å². The molecular formula is C19H25NO5. The molecule has 1 heterocycles. The number of carbonyl (C=O) groups excluding carboxylic acids is 1. The van der Waals surface area contributed by atoms with Crippen molar-refractivity contribution in [1.82, 2.24) is 5.32 Å². The van der Waals surface area contributed by atoms with E-state index in [-0.39, 0.29) is 12.3 Å². The van der Waals surface area contributed by atoms with E-state index in [4.69, 9.17) is 13.9 Å². The van der Waals surface area contributed by atoms with Crippen LogP contribution in [-0.4, -0.2) is 26.7 Å². The van der Waals surface area contributed by atoms with Gasteiger partial charge in [0.15, 0.2) is 11.3 Å². The molecule has 6 heteroatoms. The molecule has 0 fully saturated rings. The van der Waals surface area contributed by atoms with Gasteiger partial charge < -0.3 is 19.2 Å². The topological polar surface area (TPSA) is 77.8 Å². The van der Waals surface area contributed by atoms with Crippen LogP contribution in [0.15, 0.2) is 21.3 Å². The number of amides is 1. The number of ether oxygens (including phenoxy) is 2. The van der Waals surface area contributed by atoms with Gasteiger partial charge in [-0.15, -0.1) is 0 Å². The van der Waals surface area contributed by atoms with Gasteiger partial charge in [0.05, 0.1) is 26.2 Å². The zero-order chi connectivity index (χ0) is 18.6. The number of nitrogens with one attached hydrogen (secondary N) is 1. The molecule has 0 spiro atoms. The number of hydrogen-bond donors (Lipinski definition) is 1. The standard InChI is InChI=1S/C19H25NO5/c1-11(2)8-9-20-16(21)10-14-12(3)13-6-7-15(23-4)18(24-5)17(13)25-19(14)22/h6-7,11H,8-10H2,1-5H3,(H,20,21). The molecule has 1 amide bonds. The summed E-state index contributed by atoms with van der Waals surface area (Å²) in [5.41, 5.74) is 0.872. The van der Waals surface area contributed by atoms with Crippen molar-refractivity contribution in [3.05, 3.63) is 33.7 Å². The fourth-order valence-electron chi connectivity index (χ4n) is 2.69. The summed E-state index contributed by atoms with van der Waals surface area (Å²) in [6.45, 7) is 6.59. The summed E-state index contributed by atoms with van der Waals surface area (Å²) in [4.78, 5) is 24.5. The van der Waals surface area contributed by atoms with Crippen molar-refractivity contribution in [2.45, 2.75) is 33.6 Å². The average molecular weight is 347 g/mol. The lowest BCUT2D eigenvalue weighted by Gasteiger charge is -2.13. The summed E-state index contributed by atoms with van der Waals surface area (Å²) < 4.78 is 16.0. The minimum absolute atomic E-state index is 0.00343. The van der Waals surface area contributed by atoms with Crippen molar-refractivity contribution in [1.29, 1.82) is 0 Å². The van der Waals surface area contributed by atoms with Crippen LogP contribution in [0.3, 0.4) is 0 Å². The van der Waals surface area contributed by atoms with Crippen LogP contribution in [0.4, 0.5) is 0 Å². The van der Waals surface area contributed by atoms with E-state index in [1.807, 2.05) is 6.92 Å². The Hall–Kier alpha value is -2.50. The summed E-state index contributed by atoms with van der Waals surface area (Å²) >= 11 is 0. The highest BCUT2D eigenvalue weighted by atomic mass is 16.5. The van der Waals surface area contributed by atoms with Crippen LogP contribution in [0.5, 0.6) is 11.5 Å². The molecule has 1 aromatic carbocycles. The first-order valence-corrected chi connectivity index (χ1v) is 8.33. The van der Waals surface area contributed by atoms with Crippen LogP contribution in [0, 0.1) is 12.8 Å². The van der Waals surface area contributed by atoms with E-state index in [1.165, 1.54) is 14.2 Å². The van der Waals surface area contributed by atoms with Crippen molar-refractivity contribution in [2.24, 2.45) is 5.92 Å². The molecule has 136 valence electrons. The molecule has 1 N–H and O–H groups in total. The third kappa shape index (κ3) is 4.13. The van der Waals surface area contributed by atoms with Gasteiger partial charge in [-0.3, -0.25) is 4.79 Å². The number of fused-ring (bicyclic) bond motifs is 1. The van der Waals surface area contributed by atoms with Crippen LogP contribution in [0.25, 0.3) is 11.0 Å². The lowest BCUT2D eigenvalue weighted by Crippen LogP contribution is -2.29. The Morgan fingerprint density at radius 1 is 1.24 bits per heavy atom. The molecule has 0 saturated heterocycles. The van der Waals surface area contributed by atoms with Crippen LogP contribution < -0.4 is 20.4 Å². The fraction of sp³-hybridized carbons (Fsp3) is 0.474. The van der Waals surface area contributed by atoms with Gasteiger partial charge in [-0.25, -0.2) is 4.79 Å². The minimum atomic E-state index is -0.532. The number of carbonyl (C=O) groups is 1. The molecule has 25 heavy (non-hydrogen) atoms. The third-order valence-electron chi connectivity index (χ3n) is 4.18. The number of rotatable bonds is 7. The summed E-state index contributed by atoms with van der Waals surface area (Å²) in [5, 5.41) is 3.57. The molecular weight excluding hydrogens is 322 g/mol. The average Bonchev–Trinajstić information content (AvgIpc) is 2.57. The SMILES string of the molecule is COc1ccc2c(C)c(CC(=O)NCCC(C)C)c(=O)oc2c1OC.